The van der Waals surface area contributed by atoms with E-state index in [1.54, 1.807) is 32.4 Å². The molecule has 94 valence electrons. The second-order valence-corrected chi connectivity index (χ2v) is 3.74. The van der Waals surface area contributed by atoms with Crippen molar-refractivity contribution in [1.82, 2.24) is 0 Å². The zero-order chi connectivity index (χ0) is 12.7. The highest BCUT2D eigenvalue weighted by molar-refractivity contribution is 5.76. The zero-order valence-electron chi connectivity index (χ0n) is 10.4. The summed E-state index contributed by atoms with van der Waals surface area (Å²) in [4.78, 5) is 10.7. The van der Waals surface area contributed by atoms with E-state index in [0.717, 1.165) is 12.7 Å². The number of rotatable bonds is 7. The number of carbonyl (C=O) groups is 1. The van der Waals surface area contributed by atoms with E-state index in [4.69, 9.17) is 14.2 Å². The molecule has 1 unspecified atom stereocenters. The first-order chi connectivity index (χ1) is 8.21. The lowest BCUT2D eigenvalue weighted by atomic mass is 10.2. The van der Waals surface area contributed by atoms with Crippen LogP contribution in [0, 0.1) is 0 Å². The van der Waals surface area contributed by atoms with Crippen molar-refractivity contribution in [3.63, 3.8) is 0 Å². The molecule has 0 fully saturated rings. The highest BCUT2D eigenvalue weighted by atomic mass is 16.5. The average Bonchev–Trinajstić information content (AvgIpc) is 2.36. The van der Waals surface area contributed by atoms with Gasteiger partial charge in [-0.25, -0.2) is 0 Å². The fourth-order valence-corrected chi connectivity index (χ4v) is 1.42. The number of methoxy groups -OCH3 is 2. The minimum Gasteiger partial charge on any atom is -0.493 e. The average molecular weight is 238 g/mol. The van der Waals surface area contributed by atoms with Crippen molar-refractivity contribution in [2.75, 3.05) is 20.8 Å². The van der Waals surface area contributed by atoms with E-state index in [1.165, 1.54) is 0 Å². The highest BCUT2D eigenvalue weighted by Crippen LogP contribution is 2.28. The Bertz CT molecular complexity index is 362. The van der Waals surface area contributed by atoms with E-state index in [2.05, 4.69) is 0 Å². The van der Waals surface area contributed by atoms with E-state index in [0.29, 0.717) is 23.7 Å². The molecule has 0 saturated carbocycles. The minimum absolute atomic E-state index is 0.00533. The van der Waals surface area contributed by atoms with Crippen molar-refractivity contribution in [1.29, 1.82) is 0 Å². The van der Waals surface area contributed by atoms with Gasteiger partial charge in [0.05, 0.1) is 13.2 Å². The van der Waals surface area contributed by atoms with E-state index < -0.39 is 0 Å². The molecule has 0 aliphatic heterocycles. The number of hydrogen-bond acceptors (Lipinski definition) is 4. The monoisotopic (exact) mass is 238 g/mol. The van der Waals surface area contributed by atoms with E-state index in [-0.39, 0.29) is 6.10 Å². The lowest BCUT2D eigenvalue weighted by molar-refractivity contribution is 0.112. The van der Waals surface area contributed by atoms with Crippen LogP contribution in [-0.2, 0) is 4.74 Å². The molecule has 0 bridgehead atoms. The van der Waals surface area contributed by atoms with Crippen molar-refractivity contribution < 1.29 is 19.0 Å². The van der Waals surface area contributed by atoms with Crippen molar-refractivity contribution in [3.05, 3.63) is 23.8 Å². The Morgan fingerprint density at radius 2 is 2.06 bits per heavy atom. The lowest BCUT2D eigenvalue weighted by Gasteiger charge is -2.16. The number of ether oxygens (including phenoxy) is 3. The maximum Gasteiger partial charge on any atom is 0.162 e. The van der Waals surface area contributed by atoms with Gasteiger partial charge in [0.15, 0.2) is 11.5 Å². The molecule has 0 radical (unpaired) electrons. The Labute approximate surface area is 101 Å². The van der Waals surface area contributed by atoms with Gasteiger partial charge in [-0.3, -0.25) is 4.79 Å². The van der Waals surface area contributed by atoms with Crippen molar-refractivity contribution in [2.45, 2.75) is 19.4 Å². The van der Waals surface area contributed by atoms with Crippen LogP contribution in [0.15, 0.2) is 18.2 Å². The maximum absolute atomic E-state index is 10.7. The van der Waals surface area contributed by atoms with Crippen LogP contribution in [0.5, 0.6) is 11.5 Å². The van der Waals surface area contributed by atoms with Crippen LogP contribution in [0.3, 0.4) is 0 Å². The Morgan fingerprint density at radius 1 is 1.29 bits per heavy atom. The van der Waals surface area contributed by atoms with Gasteiger partial charge in [-0.1, -0.05) is 0 Å². The van der Waals surface area contributed by atoms with E-state index in [1.807, 2.05) is 6.92 Å². The van der Waals surface area contributed by atoms with E-state index >= 15 is 0 Å². The quantitative estimate of drug-likeness (QED) is 0.684. The summed E-state index contributed by atoms with van der Waals surface area (Å²) in [7, 11) is 3.23. The van der Waals surface area contributed by atoms with Crippen LogP contribution in [0.2, 0.25) is 0 Å². The molecule has 17 heavy (non-hydrogen) atoms. The molecule has 0 heterocycles. The van der Waals surface area contributed by atoms with Crippen LogP contribution < -0.4 is 9.47 Å². The first-order valence-corrected chi connectivity index (χ1v) is 5.50. The molecule has 1 aromatic rings. The minimum atomic E-state index is 0.00533. The summed E-state index contributed by atoms with van der Waals surface area (Å²) in [5.74, 6) is 1.21. The molecule has 4 nitrogen and oxygen atoms in total. The molecular weight excluding hydrogens is 220 g/mol. The van der Waals surface area contributed by atoms with E-state index in [9.17, 15) is 4.79 Å². The van der Waals surface area contributed by atoms with Gasteiger partial charge < -0.3 is 14.2 Å². The Kier molecular flexibility index (Phi) is 5.49. The van der Waals surface area contributed by atoms with Crippen molar-refractivity contribution in [3.8, 4) is 11.5 Å². The summed E-state index contributed by atoms with van der Waals surface area (Å²) < 4.78 is 15.9. The first kappa shape index (κ1) is 13.5. The topological polar surface area (TPSA) is 44.8 Å². The summed E-state index contributed by atoms with van der Waals surface area (Å²) in [6, 6.07) is 5.09. The molecule has 4 heteroatoms. The number of benzene rings is 1. The number of carbonyl (C=O) groups excluding carboxylic acids is 1. The Balaban J connectivity index is 2.76. The highest BCUT2D eigenvalue weighted by Gasteiger charge is 2.09. The SMILES string of the molecule is COCCC(C)Oc1cc(C=O)ccc1OC. The summed E-state index contributed by atoms with van der Waals surface area (Å²) in [5, 5.41) is 0. The molecule has 0 aromatic heterocycles. The van der Waals surface area contributed by atoms with Crippen LogP contribution in [0.25, 0.3) is 0 Å². The molecule has 1 aromatic carbocycles. The third-order valence-electron chi connectivity index (χ3n) is 2.38. The molecule has 0 N–H and O–H groups in total. The first-order valence-electron chi connectivity index (χ1n) is 5.50. The maximum atomic E-state index is 10.7. The van der Waals surface area contributed by atoms with Crippen LogP contribution in [0.1, 0.15) is 23.7 Å². The lowest BCUT2D eigenvalue weighted by Crippen LogP contribution is -2.14. The zero-order valence-corrected chi connectivity index (χ0v) is 10.4. The molecular formula is C13H18O4. The second-order valence-electron chi connectivity index (χ2n) is 3.74. The second kappa shape index (κ2) is 6.91. The molecule has 0 saturated heterocycles. The van der Waals surface area contributed by atoms with Gasteiger partial charge in [0.1, 0.15) is 6.29 Å². The smallest absolute Gasteiger partial charge is 0.162 e. The molecule has 0 aliphatic rings. The standard InChI is InChI=1S/C13H18O4/c1-10(6-7-15-2)17-13-8-11(9-14)4-5-12(13)16-3/h4-5,8-10H,6-7H2,1-3H3. The number of aldehydes is 1. The van der Waals surface area contributed by atoms with Gasteiger partial charge in [0, 0.05) is 25.7 Å². The summed E-state index contributed by atoms with van der Waals surface area (Å²) in [6.45, 7) is 2.59. The van der Waals surface area contributed by atoms with Crippen LogP contribution in [0.4, 0.5) is 0 Å². The fourth-order valence-electron chi connectivity index (χ4n) is 1.42. The molecule has 0 spiro atoms. The van der Waals surface area contributed by atoms with Gasteiger partial charge in [0.2, 0.25) is 0 Å². The summed E-state index contributed by atoms with van der Waals surface area (Å²) in [6.07, 6.45) is 1.57. The van der Waals surface area contributed by atoms with Gasteiger partial charge in [-0.2, -0.15) is 0 Å². The molecule has 0 aliphatic carbocycles. The predicted octanol–water partition coefficient (Wildman–Crippen LogP) is 2.31. The third-order valence-corrected chi connectivity index (χ3v) is 2.38. The molecule has 1 atom stereocenters. The van der Waals surface area contributed by atoms with Crippen LogP contribution >= 0.6 is 0 Å². The van der Waals surface area contributed by atoms with Gasteiger partial charge in [0.25, 0.3) is 0 Å². The Hall–Kier alpha value is -1.55. The van der Waals surface area contributed by atoms with Gasteiger partial charge >= 0.3 is 0 Å². The van der Waals surface area contributed by atoms with Crippen LogP contribution in [-0.4, -0.2) is 33.2 Å². The fraction of sp³-hybridized carbons (Fsp3) is 0.462. The molecule has 1 rings (SSSR count). The van der Waals surface area contributed by atoms with Crippen molar-refractivity contribution >= 4 is 6.29 Å². The Morgan fingerprint density at radius 3 is 2.65 bits per heavy atom. The van der Waals surface area contributed by atoms with Gasteiger partial charge in [-0.15, -0.1) is 0 Å². The number of hydrogen-bond donors (Lipinski definition) is 0. The van der Waals surface area contributed by atoms with Gasteiger partial charge in [-0.05, 0) is 25.1 Å². The summed E-state index contributed by atoms with van der Waals surface area (Å²) >= 11 is 0. The largest absolute Gasteiger partial charge is 0.493 e. The third kappa shape index (κ3) is 4.07. The molecule has 0 amide bonds. The normalized spacial score (nSPS) is 11.9. The predicted molar refractivity (Wildman–Crippen MR) is 65.0 cm³/mol. The van der Waals surface area contributed by atoms with Crippen molar-refractivity contribution in [2.24, 2.45) is 0 Å². The summed E-state index contributed by atoms with van der Waals surface area (Å²) in [5.41, 5.74) is 0.569.